The van der Waals surface area contributed by atoms with Crippen LogP contribution in [0.4, 0.5) is 4.79 Å². The van der Waals surface area contributed by atoms with E-state index in [0.717, 1.165) is 10.5 Å². The number of aromatic carboxylic acids is 1. The Kier molecular flexibility index (Phi) is 6.63. The van der Waals surface area contributed by atoms with Gasteiger partial charge in [0.15, 0.2) is 11.5 Å². The molecule has 2 aromatic carbocycles. The lowest BCUT2D eigenvalue weighted by atomic mass is 10.1. The van der Waals surface area contributed by atoms with E-state index in [1.807, 2.05) is 0 Å². The molecule has 0 atom stereocenters. The number of nitrogens with zero attached hydrogens (tertiary/aromatic N) is 1. The average Bonchev–Trinajstić information content (AvgIpc) is 3.37. The zero-order valence-corrected chi connectivity index (χ0v) is 18.5. The highest BCUT2D eigenvalue weighted by Gasteiger charge is 2.36. The number of ether oxygens (including phenoxy) is 2. The lowest BCUT2D eigenvalue weighted by Gasteiger charge is -2.25. The van der Waals surface area contributed by atoms with E-state index >= 15 is 0 Å². The molecule has 178 valence electrons. The van der Waals surface area contributed by atoms with Gasteiger partial charge in [0.2, 0.25) is 0 Å². The van der Waals surface area contributed by atoms with Crippen LogP contribution in [0.2, 0.25) is 0 Å². The molecule has 0 radical (unpaired) electrons. The van der Waals surface area contributed by atoms with Crippen molar-refractivity contribution in [1.82, 2.24) is 10.2 Å². The Morgan fingerprint density at radius 2 is 1.86 bits per heavy atom. The Labute approximate surface area is 199 Å². The maximum atomic E-state index is 12.9. The lowest BCUT2D eigenvalue weighted by Crippen LogP contribution is -2.53. The van der Waals surface area contributed by atoms with Gasteiger partial charge in [-0.3, -0.25) is 19.8 Å². The number of amides is 4. The van der Waals surface area contributed by atoms with Crippen LogP contribution in [0.1, 0.15) is 27.2 Å². The third-order valence-corrected chi connectivity index (χ3v) is 5.17. The third kappa shape index (κ3) is 5.22. The molecule has 0 unspecified atom stereocenters. The summed E-state index contributed by atoms with van der Waals surface area (Å²) in [4.78, 5) is 49.2. The van der Waals surface area contributed by atoms with E-state index in [9.17, 15) is 19.2 Å². The summed E-state index contributed by atoms with van der Waals surface area (Å²) in [7, 11) is 1.45. The Morgan fingerprint density at radius 1 is 1.09 bits per heavy atom. The Morgan fingerprint density at radius 3 is 2.51 bits per heavy atom. The van der Waals surface area contributed by atoms with Crippen LogP contribution in [-0.2, 0) is 22.7 Å². The standard InChI is InChI=1S/C25H20N2O8/c1-33-21-12-16(6-9-20(21)35-14-15-4-7-17(8-5-15)24(30)31)11-19-22(28)26-25(32)27(23(19)29)13-18-3-2-10-34-18/h2-12H,13-14H2,1H3,(H,30,31)(H,26,28,32). The van der Waals surface area contributed by atoms with Gasteiger partial charge in [0.1, 0.15) is 17.9 Å². The van der Waals surface area contributed by atoms with Crippen molar-refractivity contribution in [2.75, 3.05) is 7.11 Å². The van der Waals surface area contributed by atoms with Crippen LogP contribution in [0.15, 0.2) is 70.9 Å². The smallest absolute Gasteiger partial charge is 0.335 e. The van der Waals surface area contributed by atoms with Crippen molar-refractivity contribution < 1.29 is 38.2 Å². The number of imide groups is 2. The van der Waals surface area contributed by atoms with Gasteiger partial charge < -0.3 is 19.0 Å². The molecule has 1 aliphatic heterocycles. The molecule has 0 spiro atoms. The molecule has 0 aliphatic carbocycles. The summed E-state index contributed by atoms with van der Waals surface area (Å²) < 4.78 is 16.4. The monoisotopic (exact) mass is 476 g/mol. The number of carboxylic acids is 1. The molecule has 35 heavy (non-hydrogen) atoms. The van der Waals surface area contributed by atoms with E-state index in [2.05, 4.69) is 5.32 Å². The first-order valence-corrected chi connectivity index (χ1v) is 10.4. The number of nitrogens with one attached hydrogen (secondary N) is 1. The number of barbiturate groups is 1. The molecular formula is C25H20N2O8. The maximum Gasteiger partial charge on any atom is 0.335 e. The van der Waals surface area contributed by atoms with Gasteiger partial charge in [-0.15, -0.1) is 0 Å². The number of methoxy groups -OCH3 is 1. The van der Waals surface area contributed by atoms with Crippen LogP contribution in [0.25, 0.3) is 6.08 Å². The van der Waals surface area contributed by atoms with Crippen molar-refractivity contribution in [2.24, 2.45) is 0 Å². The SMILES string of the molecule is COc1cc(C=C2C(=O)NC(=O)N(Cc3ccco3)C2=O)ccc1OCc1ccc(C(=O)O)cc1. The molecule has 10 heteroatoms. The van der Waals surface area contributed by atoms with Crippen LogP contribution in [0, 0.1) is 0 Å². The molecule has 1 saturated heterocycles. The molecule has 0 saturated carbocycles. The molecule has 1 fully saturated rings. The molecular weight excluding hydrogens is 456 g/mol. The number of benzene rings is 2. The van der Waals surface area contributed by atoms with Crippen LogP contribution < -0.4 is 14.8 Å². The van der Waals surface area contributed by atoms with Crippen molar-refractivity contribution in [1.29, 1.82) is 0 Å². The predicted molar refractivity (Wildman–Crippen MR) is 122 cm³/mol. The van der Waals surface area contributed by atoms with E-state index < -0.39 is 23.8 Å². The largest absolute Gasteiger partial charge is 0.493 e. The zero-order valence-electron chi connectivity index (χ0n) is 18.5. The van der Waals surface area contributed by atoms with Crippen molar-refractivity contribution in [2.45, 2.75) is 13.2 Å². The van der Waals surface area contributed by atoms with E-state index in [1.165, 1.54) is 31.6 Å². The van der Waals surface area contributed by atoms with Gasteiger partial charge in [-0.1, -0.05) is 18.2 Å². The van der Waals surface area contributed by atoms with Gasteiger partial charge in [-0.05, 0) is 53.6 Å². The second-order valence-electron chi connectivity index (χ2n) is 7.49. The predicted octanol–water partition coefficient (Wildman–Crippen LogP) is 3.23. The molecule has 10 nitrogen and oxygen atoms in total. The van der Waals surface area contributed by atoms with E-state index in [0.29, 0.717) is 22.8 Å². The van der Waals surface area contributed by atoms with Crippen LogP contribution in [0.5, 0.6) is 11.5 Å². The van der Waals surface area contributed by atoms with Crippen molar-refractivity contribution in [3.05, 3.63) is 88.9 Å². The fourth-order valence-electron chi connectivity index (χ4n) is 3.36. The number of urea groups is 1. The number of carbonyl (C=O) groups excluding carboxylic acids is 3. The fourth-order valence-corrected chi connectivity index (χ4v) is 3.36. The second-order valence-corrected chi connectivity index (χ2v) is 7.49. The minimum Gasteiger partial charge on any atom is -0.493 e. The Bertz CT molecular complexity index is 1310. The average molecular weight is 476 g/mol. The first-order chi connectivity index (χ1) is 16.9. The summed E-state index contributed by atoms with van der Waals surface area (Å²) in [6.07, 6.45) is 2.78. The van der Waals surface area contributed by atoms with E-state index in [-0.39, 0.29) is 24.3 Å². The summed E-state index contributed by atoms with van der Waals surface area (Å²) in [5.74, 6) is -1.41. The summed E-state index contributed by atoms with van der Waals surface area (Å²) >= 11 is 0. The summed E-state index contributed by atoms with van der Waals surface area (Å²) in [6.45, 7) is 0.0489. The van der Waals surface area contributed by atoms with Crippen molar-refractivity contribution >= 4 is 29.9 Å². The van der Waals surface area contributed by atoms with E-state index in [4.69, 9.17) is 19.0 Å². The molecule has 1 aliphatic rings. The Hall–Kier alpha value is -4.86. The molecule has 3 aromatic rings. The Balaban J connectivity index is 1.51. The van der Waals surface area contributed by atoms with Crippen LogP contribution in [-0.4, -0.2) is 40.9 Å². The van der Waals surface area contributed by atoms with Crippen LogP contribution >= 0.6 is 0 Å². The van der Waals surface area contributed by atoms with Gasteiger partial charge >= 0.3 is 12.0 Å². The molecule has 1 aromatic heterocycles. The second kappa shape index (κ2) is 9.96. The summed E-state index contributed by atoms with van der Waals surface area (Å²) in [6, 6.07) is 13.5. The molecule has 2 heterocycles. The number of hydrogen-bond acceptors (Lipinski definition) is 7. The minimum atomic E-state index is -1.01. The number of carboxylic acid groups (broad SMARTS) is 1. The normalized spacial score (nSPS) is 14.7. The summed E-state index contributed by atoms with van der Waals surface area (Å²) in [5, 5.41) is 11.1. The number of hydrogen-bond donors (Lipinski definition) is 2. The quantitative estimate of drug-likeness (QED) is 0.374. The first kappa shape index (κ1) is 23.3. The molecule has 2 N–H and O–H groups in total. The molecule has 0 bridgehead atoms. The number of furan rings is 1. The third-order valence-electron chi connectivity index (χ3n) is 5.17. The first-order valence-electron chi connectivity index (χ1n) is 10.4. The molecule has 4 amide bonds. The number of rotatable bonds is 8. The van der Waals surface area contributed by atoms with Crippen LogP contribution in [0.3, 0.4) is 0 Å². The fraction of sp³-hybridized carbons (Fsp3) is 0.120. The zero-order chi connectivity index (χ0) is 24.9. The minimum absolute atomic E-state index is 0.119. The van der Waals surface area contributed by atoms with Gasteiger partial charge in [0, 0.05) is 0 Å². The van der Waals surface area contributed by atoms with E-state index in [1.54, 1.807) is 42.5 Å². The molecule has 4 rings (SSSR count). The number of carbonyl (C=O) groups is 4. The van der Waals surface area contributed by atoms with Gasteiger partial charge in [0.05, 0.1) is 25.5 Å². The maximum absolute atomic E-state index is 12.9. The highest BCUT2D eigenvalue weighted by Crippen LogP contribution is 2.30. The van der Waals surface area contributed by atoms with Gasteiger partial charge in [-0.2, -0.15) is 0 Å². The van der Waals surface area contributed by atoms with Crippen molar-refractivity contribution in [3.8, 4) is 11.5 Å². The topological polar surface area (TPSA) is 135 Å². The van der Waals surface area contributed by atoms with Gasteiger partial charge in [0.25, 0.3) is 11.8 Å². The highest BCUT2D eigenvalue weighted by molar-refractivity contribution is 6.30. The van der Waals surface area contributed by atoms with Crippen molar-refractivity contribution in [3.63, 3.8) is 0 Å². The summed E-state index contributed by atoms with van der Waals surface area (Å²) in [5.41, 5.74) is 1.19. The highest BCUT2D eigenvalue weighted by atomic mass is 16.5. The lowest BCUT2D eigenvalue weighted by molar-refractivity contribution is -0.130. The van der Waals surface area contributed by atoms with Gasteiger partial charge in [-0.25, -0.2) is 9.59 Å².